The molecule has 0 aliphatic carbocycles. The van der Waals surface area contributed by atoms with Crippen LogP contribution in [0.4, 0.5) is 24.5 Å². The average Bonchev–Trinajstić information content (AvgIpc) is 2.72. The van der Waals surface area contributed by atoms with Crippen molar-refractivity contribution >= 4 is 38.9 Å². The molecule has 168 valence electrons. The maximum Gasteiger partial charge on any atom is 0.416 e. The van der Waals surface area contributed by atoms with Crippen molar-refractivity contribution in [3.05, 3.63) is 94.5 Å². The summed E-state index contributed by atoms with van der Waals surface area (Å²) in [5.74, 6) is -0.632. The number of carbonyl (C=O) groups is 1. The number of anilines is 2. The largest absolute Gasteiger partial charge is 0.416 e. The van der Waals surface area contributed by atoms with Gasteiger partial charge in [-0.15, -0.1) is 0 Å². The molecule has 0 saturated carbocycles. The summed E-state index contributed by atoms with van der Waals surface area (Å²) >= 11 is 6.14. The van der Waals surface area contributed by atoms with E-state index in [1.165, 1.54) is 36.4 Å². The minimum atomic E-state index is -4.53. The van der Waals surface area contributed by atoms with Crippen LogP contribution >= 0.6 is 11.6 Å². The predicted molar refractivity (Wildman–Crippen MR) is 118 cm³/mol. The summed E-state index contributed by atoms with van der Waals surface area (Å²) in [6, 6.07) is 16.8. The molecule has 0 saturated heterocycles. The molecule has 0 spiro atoms. The molecule has 0 radical (unpaired) electrons. The van der Waals surface area contributed by atoms with E-state index < -0.39 is 27.7 Å². The van der Waals surface area contributed by atoms with E-state index >= 15 is 0 Å². The molecule has 0 fully saturated rings. The van der Waals surface area contributed by atoms with Crippen molar-refractivity contribution in [1.82, 2.24) is 0 Å². The van der Waals surface area contributed by atoms with Crippen LogP contribution < -0.4 is 9.62 Å². The molecule has 5 nitrogen and oxygen atoms in total. The standard InChI is InChI=1S/C22H18ClF3N2O3S/c1-32(30,31)28(14-16-5-2-3-8-20(16)23)19-11-9-15(10-12-19)21(29)27-18-7-4-6-17(13-18)22(24,25)26/h2-13H,14H2,1H3,(H,27,29). The molecular weight excluding hydrogens is 465 g/mol. The quantitative estimate of drug-likeness (QED) is 0.499. The van der Waals surface area contributed by atoms with Gasteiger partial charge in [-0.25, -0.2) is 8.42 Å². The number of nitrogens with zero attached hydrogens (tertiary/aromatic N) is 1. The first-order valence-electron chi connectivity index (χ1n) is 9.25. The van der Waals surface area contributed by atoms with E-state index in [-0.39, 0.29) is 17.8 Å². The lowest BCUT2D eigenvalue weighted by molar-refractivity contribution is -0.137. The number of rotatable bonds is 6. The second-order valence-electron chi connectivity index (χ2n) is 6.94. The molecule has 3 aromatic carbocycles. The zero-order valence-electron chi connectivity index (χ0n) is 16.7. The third kappa shape index (κ3) is 5.80. The number of halogens is 4. The Bertz CT molecular complexity index is 1230. The Hall–Kier alpha value is -3.04. The number of alkyl halides is 3. The fourth-order valence-electron chi connectivity index (χ4n) is 2.94. The molecule has 1 N–H and O–H groups in total. The van der Waals surface area contributed by atoms with Gasteiger partial charge in [0.05, 0.1) is 24.1 Å². The minimum Gasteiger partial charge on any atom is -0.322 e. The molecular formula is C22H18ClF3N2O3S. The van der Waals surface area contributed by atoms with E-state index in [4.69, 9.17) is 11.6 Å². The topological polar surface area (TPSA) is 66.5 Å². The lowest BCUT2D eigenvalue weighted by Gasteiger charge is -2.23. The van der Waals surface area contributed by atoms with Crippen LogP contribution in [0.25, 0.3) is 0 Å². The Kier molecular flexibility index (Phi) is 6.80. The molecule has 0 aliphatic rings. The number of nitrogens with one attached hydrogen (secondary N) is 1. The monoisotopic (exact) mass is 482 g/mol. The summed E-state index contributed by atoms with van der Waals surface area (Å²) in [7, 11) is -3.67. The van der Waals surface area contributed by atoms with Gasteiger partial charge in [-0.1, -0.05) is 35.9 Å². The molecule has 0 aromatic heterocycles. The van der Waals surface area contributed by atoms with Crippen molar-refractivity contribution in [2.45, 2.75) is 12.7 Å². The second kappa shape index (κ2) is 9.22. The number of benzene rings is 3. The number of hydrogen-bond acceptors (Lipinski definition) is 3. The molecule has 32 heavy (non-hydrogen) atoms. The van der Waals surface area contributed by atoms with Crippen LogP contribution in [-0.2, 0) is 22.7 Å². The fourth-order valence-corrected chi connectivity index (χ4v) is 4.01. The minimum absolute atomic E-state index is 0.00567. The third-order valence-corrected chi connectivity index (χ3v) is 6.05. The zero-order valence-corrected chi connectivity index (χ0v) is 18.3. The second-order valence-corrected chi connectivity index (χ2v) is 9.25. The van der Waals surface area contributed by atoms with Gasteiger partial charge >= 0.3 is 6.18 Å². The van der Waals surface area contributed by atoms with E-state index in [2.05, 4.69) is 5.32 Å². The molecule has 0 heterocycles. The maximum absolute atomic E-state index is 12.9. The molecule has 0 unspecified atom stereocenters. The molecule has 10 heteroatoms. The van der Waals surface area contributed by atoms with Gasteiger partial charge < -0.3 is 5.32 Å². The van der Waals surface area contributed by atoms with E-state index in [9.17, 15) is 26.4 Å². The van der Waals surface area contributed by atoms with Crippen molar-refractivity contribution < 1.29 is 26.4 Å². The number of amides is 1. The molecule has 3 rings (SSSR count). The van der Waals surface area contributed by atoms with Gasteiger partial charge in [0.1, 0.15) is 0 Å². The normalized spacial score (nSPS) is 11.8. The molecule has 0 bridgehead atoms. The Labute approximate surface area is 188 Å². The first-order valence-corrected chi connectivity index (χ1v) is 11.5. The predicted octanol–water partition coefficient (Wildman–Crippen LogP) is 5.58. The fraction of sp³-hybridized carbons (Fsp3) is 0.136. The van der Waals surface area contributed by atoms with Gasteiger partial charge in [-0.3, -0.25) is 9.10 Å². The first kappa shape index (κ1) is 23.6. The number of hydrogen-bond donors (Lipinski definition) is 1. The Morgan fingerprint density at radius 1 is 1.00 bits per heavy atom. The van der Waals surface area contributed by atoms with Crippen molar-refractivity contribution in [1.29, 1.82) is 0 Å². The van der Waals surface area contributed by atoms with Crippen LogP contribution in [0.3, 0.4) is 0 Å². The third-order valence-electron chi connectivity index (χ3n) is 4.54. The lowest BCUT2D eigenvalue weighted by atomic mass is 10.1. The zero-order chi connectivity index (χ0) is 23.5. The van der Waals surface area contributed by atoms with Crippen LogP contribution in [0, 0.1) is 0 Å². The highest BCUT2D eigenvalue weighted by Crippen LogP contribution is 2.31. The van der Waals surface area contributed by atoms with E-state index in [0.717, 1.165) is 22.7 Å². The highest BCUT2D eigenvalue weighted by Gasteiger charge is 2.30. The van der Waals surface area contributed by atoms with Gasteiger partial charge in [0.15, 0.2) is 0 Å². The van der Waals surface area contributed by atoms with Crippen LogP contribution in [0.2, 0.25) is 5.02 Å². The van der Waals surface area contributed by atoms with Crippen LogP contribution in [0.15, 0.2) is 72.8 Å². The van der Waals surface area contributed by atoms with Crippen LogP contribution in [0.5, 0.6) is 0 Å². The van der Waals surface area contributed by atoms with Crippen molar-refractivity contribution in [3.8, 4) is 0 Å². The highest BCUT2D eigenvalue weighted by atomic mass is 35.5. The Balaban J connectivity index is 1.81. The van der Waals surface area contributed by atoms with Gasteiger partial charge in [0.25, 0.3) is 5.91 Å². The van der Waals surface area contributed by atoms with Gasteiger partial charge in [0.2, 0.25) is 10.0 Å². The molecule has 1 amide bonds. The van der Waals surface area contributed by atoms with Crippen molar-refractivity contribution in [3.63, 3.8) is 0 Å². The van der Waals surface area contributed by atoms with Crippen molar-refractivity contribution in [2.24, 2.45) is 0 Å². The van der Waals surface area contributed by atoms with Crippen LogP contribution in [-0.4, -0.2) is 20.6 Å². The number of sulfonamides is 1. The summed E-state index contributed by atoms with van der Waals surface area (Å²) in [6.45, 7) is -0.00567. The Morgan fingerprint density at radius 3 is 2.25 bits per heavy atom. The highest BCUT2D eigenvalue weighted by molar-refractivity contribution is 7.92. The van der Waals surface area contributed by atoms with Gasteiger partial charge in [-0.05, 0) is 54.1 Å². The van der Waals surface area contributed by atoms with Crippen LogP contribution in [0.1, 0.15) is 21.5 Å². The summed E-state index contributed by atoms with van der Waals surface area (Å²) in [5, 5.41) is 2.82. The van der Waals surface area contributed by atoms with Gasteiger partial charge in [0, 0.05) is 16.3 Å². The maximum atomic E-state index is 12.9. The SMILES string of the molecule is CS(=O)(=O)N(Cc1ccccc1Cl)c1ccc(C(=O)Nc2cccc(C(F)(F)F)c2)cc1. The average molecular weight is 483 g/mol. The summed E-state index contributed by atoms with van der Waals surface area (Å²) < 4.78 is 64.4. The number of carbonyl (C=O) groups excluding carboxylic acids is 1. The molecule has 0 aliphatic heterocycles. The van der Waals surface area contributed by atoms with Gasteiger partial charge in [-0.2, -0.15) is 13.2 Å². The lowest BCUT2D eigenvalue weighted by Crippen LogP contribution is -2.29. The smallest absolute Gasteiger partial charge is 0.322 e. The summed E-state index contributed by atoms with van der Waals surface area (Å²) in [6.07, 6.45) is -3.47. The first-order chi connectivity index (χ1) is 14.9. The molecule has 0 atom stereocenters. The molecule has 3 aromatic rings. The van der Waals surface area contributed by atoms with E-state index in [0.29, 0.717) is 16.3 Å². The Morgan fingerprint density at radius 2 is 1.66 bits per heavy atom. The van der Waals surface area contributed by atoms with E-state index in [1.54, 1.807) is 24.3 Å². The summed E-state index contributed by atoms with van der Waals surface area (Å²) in [5.41, 5.74) is 0.172. The van der Waals surface area contributed by atoms with Crippen molar-refractivity contribution in [2.75, 3.05) is 15.9 Å². The summed E-state index contributed by atoms with van der Waals surface area (Å²) in [4.78, 5) is 12.4. The van der Waals surface area contributed by atoms with E-state index in [1.807, 2.05) is 0 Å².